The zero-order valence-electron chi connectivity index (χ0n) is 16.3. The molecular weight excluding hydrogens is 390 g/mol. The number of thioether (sulfide) groups is 1. The molecule has 3 aromatic rings. The number of likely N-dealkylation sites (tertiary alicyclic amines) is 1. The van der Waals surface area contributed by atoms with E-state index in [2.05, 4.69) is 36.2 Å². The molecule has 6 nitrogen and oxygen atoms in total. The first-order chi connectivity index (χ1) is 13.7. The number of fused-ring (bicyclic) bond motifs is 1. The number of aryl methyl sites for hydroxylation is 1. The van der Waals surface area contributed by atoms with Crippen molar-refractivity contribution >= 4 is 34.7 Å². The molecule has 4 heterocycles. The molecule has 1 amide bonds. The number of hydrogen-bond acceptors (Lipinski definition) is 6. The van der Waals surface area contributed by atoms with E-state index in [9.17, 15) is 4.79 Å². The van der Waals surface area contributed by atoms with E-state index >= 15 is 0 Å². The SMILES string of the molecule is CCc1ccc(-c2nnc3ccc(SC(CC)C(=O)N4CCCCC4)nn23)s1. The number of carbonyl (C=O) groups is 1. The maximum atomic E-state index is 12.9. The Morgan fingerprint density at radius 2 is 1.96 bits per heavy atom. The van der Waals surface area contributed by atoms with E-state index in [4.69, 9.17) is 5.10 Å². The lowest BCUT2D eigenvalue weighted by Gasteiger charge is -2.29. The Morgan fingerprint density at radius 1 is 1.14 bits per heavy atom. The predicted octanol–water partition coefficient (Wildman–Crippen LogP) is 4.30. The molecule has 148 valence electrons. The molecule has 1 fully saturated rings. The van der Waals surface area contributed by atoms with Gasteiger partial charge in [-0.15, -0.1) is 21.5 Å². The van der Waals surface area contributed by atoms with E-state index in [1.54, 1.807) is 27.6 Å². The van der Waals surface area contributed by atoms with Gasteiger partial charge in [-0.2, -0.15) is 9.61 Å². The van der Waals surface area contributed by atoms with E-state index in [1.807, 2.05) is 17.0 Å². The Bertz CT molecular complexity index is 961. The van der Waals surface area contributed by atoms with Crippen molar-refractivity contribution in [2.75, 3.05) is 13.1 Å². The first-order valence-electron chi connectivity index (χ1n) is 9.96. The second-order valence-electron chi connectivity index (χ2n) is 6.99. The summed E-state index contributed by atoms with van der Waals surface area (Å²) in [6.07, 6.45) is 5.25. The number of amides is 1. The van der Waals surface area contributed by atoms with Gasteiger partial charge >= 0.3 is 0 Å². The zero-order chi connectivity index (χ0) is 19.5. The summed E-state index contributed by atoms with van der Waals surface area (Å²) < 4.78 is 1.80. The highest BCUT2D eigenvalue weighted by atomic mass is 32.2. The first-order valence-corrected chi connectivity index (χ1v) is 11.7. The van der Waals surface area contributed by atoms with Crippen molar-refractivity contribution in [1.29, 1.82) is 0 Å². The van der Waals surface area contributed by atoms with Crippen molar-refractivity contribution in [2.24, 2.45) is 0 Å². The fourth-order valence-corrected chi connectivity index (χ4v) is 5.35. The normalized spacial score (nSPS) is 15.9. The van der Waals surface area contributed by atoms with E-state index in [-0.39, 0.29) is 11.2 Å². The van der Waals surface area contributed by atoms with Gasteiger partial charge in [-0.1, -0.05) is 25.6 Å². The Kier molecular flexibility index (Phi) is 5.96. The number of carbonyl (C=O) groups excluding carboxylic acids is 1. The third-order valence-electron chi connectivity index (χ3n) is 5.05. The first kappa shape index (κ1) is 19.4. The van der Waals surface area contributed by atoms with E-state index in [0.717, 1.165) is 60.1 Å². The topological polar surface area (TPSA) is 63.4 Å². The lowest BCUT2D eigenvalue weighted by molar-refractivity contribution is -0.131. The zero-order valence-corrected chi connectivity index (χ0v) is 17.9. The number of hydrogen-bond donors (Lipinski definition) is 0. The molecule has 1 saturated heterocycles. The summed E-state index contributed by atoms with van der Waals surface area (Å²) in [5, 5.41) is 14.1. The van der Waals surface area contributed by atoms with Crippen LogP contribution in [0.25, 0.3) is 16.3 Å². The summed E-state index contributed by atoms with van der Waals surface area (Å²) in [7, 11) is 0. The lowest BCUT2D eigenvalue weighted by atomic mass is 10.1. The summed E-state index contributed by atoms with van der Waals surface area (Å²) in [6, 6.07) is 8.08. The van der Waals surface area contributed by atoms with Crippen molar-refractivity contribution < 1.29 is 4.79 Å². The van der Waals surface area contributed by atoms with Gasteiger partial charge in [0.2, 0.25) is 5.91 Å². The smallest absolute Gasteiger partial charge is 0.236 e. The van der Waals surface area contributed by atoms with Crippen LogP contribution in [0.3, 0.4) is 0 Å². The molecule has 0 N–H and O–H groups in total. The summed E-state index contributed by atoms with van der Waals surface area (Å²) in [5.41, 5.74) is 0.723. The Labute approximate surface area is 173 Å². The van der Waals surface area contributed by atoms with E-state index in [0.29, 0.717) is 0 Å². The monoisotopic (exact) mass is 415 g/mol. The summed E-state index contributed by atoms with van der Waals surface area (Å²) in [6.45, 7) is 5.99. The molecule has 0 saturated carbocycles. The van der Waals surface area contributed by atoms with Crippen LogP contribution < -0.4 is 0 Å². The number of piperidine rings is 1. The molecule has 0 spiro atoms. The van der Waals surface area contributed by atoms with Gasteiger partial charge in [0.05, 0.1) is 10.1 Å². The van der Waals surface area contributed by atoms with Crippen molar-refractivity contribution in [3.8, 4) is 10.7 Å². The Balaban J connectivity index is 1.58. The number of aromatic nitrogens is 4. The minimum Gasteiger partial charge on any atom is -0.342 e. The summed E-state index contributed by atoms with van der Waals surface area (Å²) in [4.78, 5) is 17.3. The van der Waals surface area contributed by atoms with Gasteiger partial charge in [0.25, 0.3) is 0 Å². The highest BCUT2D eigenvalue weighted by molar-refractivity contribution is 8.00. The Hall–Kier alpha value is -1.93. The van der Waals surface area contributed by atoms with Crippen LogP contribution in [0, 0.1) is 0 Å². The second-order valence-corrected chi connectivity index (χ2v) is 9.38. The van der Waals surface area contributed by atoms with Crippen LogP contribution in [0.2, 0.25) is 0 Å². The van der Waals surface area contributed by atoms with Crippen molar-refractivity contribution in [2.45, 2.75) is 56.2 Å². The van der Waals surface area contributed by atoms with Crippen LogP contribution in [0.4, 0.5) is 0 Å². The van der Waals surface area contributed by atoms with Crippen LogP contribution in [0.15, 0.2) is 29.3 Å². The quantitative estimate of drug-likeness (QED) is 0.562. The summed E-state index contributed by atoms with van der Waals surface area (Å²) >= 11 is 3.27. The predicted molar refractivity (Wildman–Crippen MR) is 114 cm³/mol. The Morgan fingerprint density at radius 3 is 2.68 bits per heavy atom. The van der Waals surface area contributed by atoms with Gasteiger partial charge in [-0.3, -0.25) is 4.79 Å². The maximum absolute atomic E-state index is 12.9. The highest BCUT2D eigenvalue weighted by Crippen LogP contribution is 2.30. The number of thiophene rings is 1. The maximum Gasteiger partial charge on any atom is 0.236 e. The van der Waals surface area contributed by atoms with Crippen LogP contribution in [-0.4, -0.2) is 49.0 Å². The fraction of sp³-hybridized carbons (Fsp3) is 0.500. The minimum atomic E-state index is -0.101. The molecule has 1 aliphatic heterocycles. The van der Waals surface area contributed by atoms with Crippen LogP contribution in [-0.2, 0) is 11.2 Å². The number of nitrogens with zero attached hydrogens (tertiary/aromatic N) is 5. The van der Waals surface area contributed by atoms with E-state index < -0.39 is 0 Å². The molecule has 0 aliphatic carbocycles. The molecular formula is C20H25N5OS2. The molecule has 0 radical (unpaired) electrons. The van der Waals surface area contributed by atoms with Gasteiger partial charge in [-0.25, -0.2) is 0 Å². The molecule has 0 aromatic carbocycles. The van der Waals surface area contributed by atoms with Gasteiger partial charge in [0.1, 0.15) is 5.03 Å². The number of rotatable bonds is 6. The van der Waals surface area contributed by atoms with Crippen LogP contribution in [0.5, 0.6) is 0 Å². The molecule has 1 unspecified atom stereocenters. The minimum absolute atomic E-state index is 0.101. The summed E-state index contributed by atoms with van der Waals surface area (Å²) in [5.74, 6) is 1.00. The fourth-order valence-electron chi connectivity index (χ4n) is 3.45. The molecule has 28 heavy (non-hydrogen) atoms. The van der Waals surface area contributed by atoms with Gasteiger partial charge < -0.3 is 4.90 Å². The molecule has 4 rings (SSSR count). The highest BCUT2D eigenvalue weighted by Gasteiger charge is 2.26. The van der Waals surface area contributed by atoms with Crippen molar-refractivity contribution in [3.63, 3.8) is 0 Å². The van der Waals surface area contributed by atoms with Gasteiger partial charge in [0.15, 0.2) is 11.5 Å². The third kappa shape index (κ3) is 3.93. The average molecular weight is 416 g/mol. The van der Waals surface area contributed by atoms with Crippen molar-refractivity contribution in [1.82, 2.24) is 24.7 Å². The average Bonchev–Trinajstić information content (AvgIpc) is 3.38. The molecule has 1 aliphatic rings. The lowest BCUT2D eigenvalue weighted by Crippen LogP contribution is -2.40. The largest absolute Gasteiger partial charge is 0.342 e. The molecule has 1 atom stereocenters. The van der Waals surface area contributed by atoms with Crippen LogP contribution >= 0.6 is 23.1 Å². The van der Waals surface area contributed by atoms with Gasteiger partial charge in [-0.05, 0) is 56.4 Å². The van der Waals surface area contributed by atoms with Gasteiger partial charge in [0, 0.05) is 18.0 Å². The standard InChI is InChI=1S/C20H25N5OS2/c1-3-14-8-9-16(27-14)19-22-21-17-10-11-18(23-25(17)19)28-15(4-2)20(26)24-12-6-5-7-13-24/h8-11,15H,3-7,12-13H2,1-2H3. The second kappa shape index (κ2) is 8.61. The van der Waals surface area contributed by atoms with E-state index in [1.165, 1.54) is 11.3 Å². The van der Waals surface area contributed by atoms with Crippen LogP contribution in [0.1, 0.15) is 44.4 Å². The van der Waals surface area contributed by atoms with Crippen molar-refractivity contribution in [3.05, 3.63) is 29.1 Å². The third-order valence-corrected chi connectivity index (χ3v) is 7.55. The molecule has 3 aromatic heterocycles. The molecule has 8 heteroatoms. The molecule has 0 bridgehead atoms.